The second kappa shape index (κ2) is 21.3. The zero-order valence-corrected chi connectivity index (χ0v) is 53.7. The standard InChI is InChI=1S/C84H80N2O2/c1-49(2)57-29-15-17-31-59(57)63-33-21-35-65-67-37-23-39-73(81(67)87-79(63)65)85(55-27-19-25-53(45-55)83(9,10)11)75-47-71(51(5)6)61-42-44-70-76(48-72(52(7)8)62-41-43-69(75)77(61)78(62)70)86(56-28-20-26-54(46-56)84(12,13)14)74-40-24-38-68-66-36-22-34-64(80(66)88-82(68)74)60-32-18-16-30-58(60)50(3)4/h15-52H,1-14H3. The number of anilines is 6. The molecule has 0 bridgehead atoms. The molecular formula is C84H80N2O2. The summed E-state index contributed by atoms with van der Waals surface area (Å²) in [4.78, 5) is 5.04. The average molecular weight is 1150 g/mol. The Hall–Kier alpha value is -9.12. The van der Waals surface area contributed by atoms with Crippen LogP contribution in [-0.2, 0) is 10.8 Å². The Bertz CT molecular complexity index is 4710. The quantitative estimate of drug-likeness (QED) is 0.114. The van der Waals surface area contributed by atoms with Gasteiger partial charge in [0.2, 0.25) is 0 Å². The van der Waals surface area contributed by atoms with Crippen molar-refractivity contribution in [3.05, 3.63) is 240 Å². The molecule has 4 heteroatoms. The number of hydrogen-bond donors (Lipinski definition) is 0. The second-order valence-electron chi connectivity index (χ2n) is 28.0. The van der Waals surface area contributed by atoms with Gasteiger partial charge in [-0.05, 0) is 149 Å². The molecule has 2 heterocycles. The van der Waals surface area contributed by atoms with E-state index in [2.05, 4.69) is 313 Å². The first-order valence-corrected chi connectivity index (χ1v) is 31.9. The van der Waals surface area contributed by atoms with Gasteiger partial charge in [-0.3, -0.25) is 0 Å². The summed E-state index contributed by atoms with van der Waals surface area (Å²) >= 11 is 0. The van der Waals surface area contributed by atoms with E-state index >= 15 is 0 Å². The maximum Gasteiger partial charge on any atom is 0.159 e. The van der Waals surface area contributed by atoms with E-state index in [1.807, 2.05) is 0 Å². The van der Waals surface area contributed by atoms with Crippen LogP contribution < -0.4 is 9.80 Å². The van der Waals surface area contributed by atoms with Gasteiger partial charge in [0, 0.05) is 54.8 Å². The van der Waals surface area contributed by atoms with Crippen LogP contribution in [0.2, 0.25) is 0 Å². The minimum Gasteiger partial charge on any atom is -0.453 e. The van der Waals surface area contributed by atoms with Crippen LogP contribution in [0, 0.1) is 0 Å². The third-order valence-corrected chi connectivity index (χ3v) is 18.8. The van der Waals surface area contributed by atoms with E-state index in [1.165, 1.54) is 76.8 Å². The lowest BCUT2D eigenvalue weighted by Gasteiger charge is -2.32. The summed E-state index contributed by atoms with van der Waals surface area (Å²) in [7, 11) is 0. The molecule has 0 aliphatic heterocycles. The lowest BCUT2D eigenvalue weighted by Crippen LogP contribution is -2.16. The highest BCUT2D eigenvalue weighted by Gasteiger charge is 2.31. The highest BCUT2D eigenvalue weighted by molar-refractivity contribution is 6.30. The SMILES string of the molecule is CC(C)c1ccccc1-c1cccc2c1oc1c(N(c3cccc(C(C)(C)C)c3)c3cc(C(C)C)c4ccc5c(N(c6cccc(C(C)(C)C)c6)c6cccc7c6oc6c(-c8ccccc8C(C)C)cccc67)cc(C(C)C)c6ccc3c4c65)cccc12. The fraction of sp³-hybridized carbons (Fsp3) is 0.238. The summed E-state index contributed by atoms with van der Waals surface area (Å²) in [5, 5.41) is 11.8. The zero-order chi connectivity index (χ0) is 61.2. The summed E-state index contributed by atoms with van der Waals surface area (Å²) in [6.45, 7) is 32.4. The van der Waals surface area contributed by atoms with Crippen molar-refractivity contribution < 1.29 is 8.83 Å². The molecule has 0 saturated carbocycles. The monoisotopic (exact) mass is 1150 g/mol. The van der Waals surface area contributed by atoms with Crippen molar-refractivity contribution in [1.82, 2.24) is 0 Å². The Balaban J connectivity index is 1.08. The van der Waals surface area contributed by atoms with Crippen molar-refractivity contribution in [2.75, 3.05) is 9.80 Å². The van der Waals surface area contributed by atoms with E-state index in [9.17, 15) is 0 Å². The van der Waals surface area contributed by atoms with Crippen LogP contribution in [0.4, 0.5) is 34.1 Å². The number of benzene rings is 12. The summed E-state index contributed by atoms with van der Waals surface area (Å²) in [5.74, 6) is 1.08. The van der Waals surface area contributed by atoms with Crippen LogP contribution in [0.1, 0.15) is 154 Å². The van der Waals surface area contributed by atoms with Gasteiger partial charge >= 0.3 is 0 Å². The molecule has 0 N–H and O–H groups in total. The predicted octanol–water partition coefficient (Wildman–Crippen LogP) is 25.7. The van der Waals surface area contributed by atoms with Gasteiger partial charge in [-0.2, -0.15) is 0 Å². The predicted molar refractivity (Wildman–Crippen MR) is 379 cm³/mol. The van der Waals surface area contributed by atoms with Gasteiger partial charge in [0.05, 0.1) is 22.7 Å². The van der Waals surface area contributed by atoms with E-state index in [0.29, 0.717) is 11.8 Å². The molecule has 14 rings (SSSR count). The molecule has 12 aromatic carbocycles. The van der Waals surface area contributed by atoms with Crippen LogP contribution in [0.5, 0.6) is 0 Å². The van der Waals surface area contributed by atoms with Gasteiger partial charge in [0.1, 0.15) is 11.2 Å². The lowest BCUT2D eigenvalue weighted by molar-refractivity contribution is 0.590. The van der Waals surface area contributed by atoms with Gasteiger partial charge in [0.25, 0.3) is 0 Å². The van der Waals surface area contributed by atoms with Crippen molar-refractivity contribution in [3.8, 4) is 22.3 Å². The molecule has 0 radical (unpaired) electrons. The minimum absolute atomic E-state index is 0.104. The molecule has 2 aromatic heterocycles. The Kier molecular flexibility index (Phi) is 13.7. The smallest absolute Gasteiger partial charge is 0.159 e. The van der Waals surface area contributed by atoms with Crippen LogP contribution >= 0.6 is 0 Å². The summed E-state index contributed by atoms with van der Waals surface area (Å²) in [6.07, 6.45) is 0. The minimum atomic E-state index is -0.104. The van der Waals surface area contributed by atoms with E-state index in [0.717, 1.165) is 89.1 Å². The average Bonchev–Trinajstić information content (AvgIpc) is 0.819. The molecule has 0 unspecified atom stereocenters. The molecule has 88 heavy (non-hydrogen) atoms. The molecule has 4 nitrogen and oxygen atoms in total. The summed E-state index contributed by atoms with van der Waals surface area (Å²) in [5.41, 5.74) is 22.1. The lowest BCUT2D eigenvalue weighted by atomic mass is 9.83. The summed E-state index contributed by atoms with van der Waals surface area (Å²) in [6, 6.07) is 77.5. The Morgan fingerprint density at radius 1 is 0.273 bits per heavy atom. The number of rotatable bonds is 12. The number of furan rings is 2. The molecule has 0 saturated heterocycles. The Labute approximate surface area is 519 Å². The summed E-state index contributed by atoms with van der Waals surface area (Å²) < 4.78 is 14.9. The highest BCUT2D eigenvalue weighted by atomic mass is 16.3. The zero-order valence-electron chi connectivity index (χ0n) is 53.7. The molecule has 0 fully saturated rings. The number of hydrogen-bond acceptors (Lipinski definition) is 4. The van der Waals surface area contributed by atoms with Crippen molar-refractivity contribution in [2.45, 2.75) is 131 Å². The van der Waals surface area contributed by atoms with Gasteiger partial charge in [-0.25, -0.2) is 0 Å². The third-order valence-electron chi connectivity index (χ3n) is 18.8. The van der Waals surface area contributed by atoms with Crippen molar-refractivity contribution >= 4 is 110 Å². The number of fused-ring (bicyclic) bond motifs is 6. The van der Waals surface area contributed by atoms with Crippen molar-refractivity contribution in [3.63, 3.8) is 0 Å². The highest BCUT2D eigenvalue weighted by Crippen LogP contribution is 2.54. The molecule has 14 aromatic rings. The van der Waals surface area contributed by atoms with Crippen LogP contribution in [0.25, 0.3) is 98.4 Å². The maximum atomic E-state index is 7.46. The molecule has 438 valence electrons. The Morgan fingerprint density at radius 2 is 0.602 bits per heavy atom. The van der Waals surface area contributed by atoms with Gasteiger partial charge in [0.15, 0.2) is 11.2 Å². The topological polar surface area (TPSA) is 32.8 Å². The van der Waals surface area contributed by atoms with E-state index < -0.39 is 0 Å². The fourth-order valence-electron chi connectivity index (χ4n) is 14.3. The van der Waals surface area contributed by atoms with Crippen LogP contribution in [0.3, 0.4) is 0 Å². The largest absolute Gasteiger partial charge is 0.453 e. The van der Waals surface area contributed by atoms with Crippen LogP contribution in [0.15, 0.2) is 215 Å². The third kappa shape index (κ3) is 9.24. The Morgan fingerprint density at radius 3 is 0.977 bits per heavy atom. The molecule has 0 aliphatic carbocycles. The second-order valence-corrected chi connectivity index (χ2v) is 28.0. The molecule has 0 aliphatic rings. The van der Waals surface area contributed by atoms with E-state index in [4.69, 9.17) is 8.83 Å². The van der Waals surface area contributed by atoms with Gasteiger partial charge in [-0.1, -0.05) is 255 Å². The van der Waals surface area contributed by atoms with Gasteiger partial charge < -0.3 is 18.6 Å². The number of nitrogens with zero attached hydrogens (tertiary/aromatic N) is 2. The molecule has 0 spiro atoms. The molecule has 0 atom stereocenters. The molecule has 0 amide bonds. The fourth-order valence-corrected chi connectivity index (χ4v) is 14.3. The first-order chi connectivity index (χ1) is 42.3. The van der Waals surface area contributed by atoms with Crippen LogP contribution in [-0.4, -0.2) is 0 Å². The first-order valence-electron chi connectivity index (χ1n) is 31.9. The van der Waals surface area contributed by atoms with E-state index in [1.54, 1.807) is 0 Å². The van der Waals surface area contributed by atoms with E-state index in [-0.39, 0.29) is 22.7 Å². The first kappa shape index (κ1) is 56.7. The van der Waals surface area contributed by atoms with Crippen molar-refractivity contribution in [2.24, 2.45) is 0 Å². The molecular weight excluding hydrogens is 1070 g/mol. The maximum absolute atomic E-state index is 7.46. The number of para-hydroxylation sites is 4. The van der Waals surface area contributed by atoms with Crippen molar-refractivity contribution in [1.29, 1.82) is 0 Å². The van der Waals surface area contributed by atoms with Gasteiger partial charge in [-0.15, -0.1) is 0 Å². The normalized spacial score (nSPS) is 12.6.